The minimum Gasteiger partial charge on any atom is -0.378 e. The average Bonchev–Trinajstić information content (AvgIpc) is 3.00. The fraction of sp³-hybridized carbons (Fsp3) is 0.765. The van der Waals surface area contributed by atoms with Crippen molar-refractivity contribution in [3.8, 4) is 0 Å². The molecule has 5 nitrogen and oxygen atoms in total. The Bertz CT molecular complexity index is 555. The molecular weight excluding hydrogens is 308 g/mol. The molecule has 2 rings (SSSR count). The number of methoxy groups -OCH3 is 1. The molecule has 0 bridgehead atoms. The van der Waals surface area contributed by atoms with Gasteiger partial charge in [0.1, 0.15) is 0 Å². The van der Waals surface area contributed by atoms with Crippen LogP contribution in [0.25, 0.3) is 0 Å². The fourth-order valence-corrected chi connectivity index (χ4v) is 3.86. The molecule has 0 saturated heterocycles. The second kappa shape index (κ2) is 7.18. The van der Waals surface area contributed by atoms with Crippen molar-refractivity contribution < 1.29 is 4.74 Å². The second-order valence-corrected chi connectivity index (χ2v) is 8.08. The molecule has 1 aliphatic carbocycles. The molecule has 1 fully saturated rings. The van der Waals surface area contributed by atoms with Gasteiger partial charge in [-0.15, -0.1) is 11.3 Å². The van der Waals surface area contributed by atoms with E-state index in [4.69, 9.17) is 4.74 Å². The highest BCUT2D eigenvalue weighted by Crippen LogP contribution is 2.51. The standard InChI is InChI=1S/C17H30N4OS/c1-7-12-11-20-14(23-12)8-9-19-15(18-5)21-13-10-17(4,22-6)16(13,2)3/h11,13H,7-10H2,1-6H3,(H2,18,19,21). The third-order valence-corrected chi connectivity index (χ3v) is 6.60. The van der Waals surface area contributed by atoms with Gasteiger partial charge in [0.2, 0.25) is 0 Å². The summed E-state index contributed by atoms with van der Waals surface area (Å²) in [6, 6.07) is 0.366. The summed E-state index contributed by atoms with van der Waals surface area (Å²) in [4.78, 5) is 10.1. The number of aliphatic imine (C=N–C) groups is 1. The molecule has 0 aliphatic heterocycles. The van der Waals surface area contributed by atoms with Crippen LogP contribution in [0.1, 0.15) is 44.0 Å². The van der Waals surface area contributed by atoms with Gasteiger partial charge in [0, 0.05) is 49.7 Å². The molecule has 2 atom stereocenters. The van der Waals surface area contributed by atoms with E-state index in [1.165, 1.54) is 9.88 Å². The van der Waals surface area contributed by atoms with E-state index in [1.54, 1.807) is 18.4 Å². The summed E-state index contributed by atoms with van der Waals surface area (Å²) in [6.45, 7) is 9.66. The van der Waals surface area contributed by atoms with Gasteiger partial charge >= 0.3 is 0 Å². The van der Waals surface area contributed by atoms with Gasteiger partial charge in [0.05, 0.1) is 10.6 Å². The third kappa shape index (κ3) is 3.69. The average molecular weight is 339 g/mol. The lowest BCUT2D eigenvalue weighted by molar-refractivity contribution is -0.176. The molecule has 23 heavy (non-hydrogen) atoms. The molecule has 2 N–H and O–H groups in total. The van der Waals surface area contributed by atoms with Gasteiger partial charge in [-0.3, -0.25) is 4.99 Å². The van der Waals surface area contributed by atoms with Crippen LogP contribution in [0.4, 0.5) is 0 Å². The zero-order chi connectivity index (χ0) is 17.1. The Balaban J connectivity index is 1.80. The SMILES string of the molecule is CCc1cnc(CCNC(=NC)NC2CC(C)(OC)C2(C)C)s1. The minimum absolute atomic E-state index is 0.0685. The number of nitrogens with zero attached hydrogens (tertiary/aromatic N) is 2. The van der Waals surface area contributed by atoms with Gasteiger partial charge in [-0.25, -0.2) is 4.98 Å². The van der Waals surface area contributed by atoms with Crippen molar-refractivity contribution >= 4 is 17.3 Å². The Hall–Kier alpha value is -1.14. The van der Waals surface area contributed by atoms with Crippen molar-refractivity contribution in [3.63, 3.8) is 0 Å². The summed E-state index contributed by atoms with van der Waals surface area (Å²) in [5.74, 6) is 0.855. The van der Waals surface area contributed by atoms with Crippen LogP contribution in [0.15, 0.2) is 11.2 Å². The first-order valence-electron chi connectivity index (χ1n) is 8.32. The van der Waals surface area contributed by atoms with E-state index in [9.17, 15) is 0 Å². The van der Waals surface area contributed by atoms with Gasteiger partial charge in [0.25, 0.3) is 0 Å². The van der Waals surface area contributed by atoms with Crippen LogP contribution in [-0.4, -0.2) is 43.3 Å². The van der Waals surface area contributed by atoms with Crippen molar-refractivity contribution in [2.45, 2.75) is 58.6 Å². The van der Waals surface area contributed by atoms with Crippen LogP contribution >= 0.6 is 11.3 Å². The Kier molecular flexibility index (Phi) is 5.68. The number of aryl methyl sites for hydroxylation is 1. The zero-order valence-corrected chi connectivity index (χ0v) is 16.0. The number of hydrogen-bond acceptors (Lipinski definition) is 4. The molecule has 1 heterocycles. The fourth-order valence-electron chi connectivity index (χ4n) is 3.00. The lowest BCUT2D eigenvalue weighted by atomic mass is 9.56. The third-order valence-electron chi connectivity index (χ3n) is 5.39. The number of guanidine groups is 1. The molecule has 1 aliphatic rings. The molecule has 0 spiro atoms. The van der Waals surface area contributed by atoms with E-state index in [0.29, 0.717) is 6.04 Å². The predicted octanol–water partition coefficient (Wildman–Crippen LogP) is 2.62. The molecule has 1 aromatic rings. The minimum atomic E-state index is -0.0685. The number of thiazole rings is 1. The van der Waals surface area contributed by atoms with Gasteiger partial charge in [-0.2, -0.15) is 0 Å². The summed E-state index contributed by atoms with van der Waals surface area (Å²) < 4.78 is 5.68. The number of ether oxygens (including phenoxy) is 1. The quantitative estimate of drug-likeness (QED) is 0.618. The lowest BCUT2D eigenvalue weighted by Crippen LogP contribution is -2.69. The first-order chi connectivity index (χ1) is 10.9. The van der Waals surface area contributed by atoms with Crippen molar-refractivity contribution in [1.82, 2.24) is 15.6 Å². The molecule has 1 aromatic heterocycles. The summed E-state index contributed by atoms with van der Waals surface area (Å²) in [7, 11) is 3.61. The number of aromatic nitrogens is 1. The highest BCUT2D eigenvalue weighted by atomic mass is 32.1. The van der Waals surface area contributed by atoms with E-state index in [2.05, 4.69) is 48.3 Å². The zero-order valence-electron chi connectivity index (χ0n) is 15.2. The molecule has 130 valence electrons. The first kappa shape index (κ1) is 18.2. The van der Waals surface area contributed by atoms with Crippen LogP contribution in [0.5, 0.6) is 0 Å². The maximum absolute atomic E-state index is 5.68. The molecule has 0 aromatic carbocycles. The van der Waals surface area contributed by atoms with E-state index in [0.717, 1.165) is 31.8 Å². The highest BCUT2D eigenvalue weighted by molar-refractivity contribution is 7.11. The smallest absolute Gasteiger partial charge is 0.191 e. The van der Waals surface area contributed by atoms with Crippen LogP contribution in [0.2, 0.25) is 0 Å². The Morgan fingerprint density at radius 3 is 2.74 bits per heavy atom. The normalized spacial score (nSPS) is 26.7. The van der Waals surface area contributed by atoms with E-state index in [1.807, 2.05) is 13.2 Å². The second-order valence-electron chi connectivity index (χ2n) is 6.88. The van der Waals surface area contributed by atoms with Gasteiger partial charge in [0.15, 0.2) is 5.96 Å². The van der Waals surface area contributed by atoms with Crippen LogP contribution < -0.4 is 10.6 Å². The topological polar surface area (TPSA) is 58.5 Å². The van der Waals surface area contributed by atoms with E-state index >= 15 is 0 Å². The number of nitrogens with one attached hydrogen (secondary N) is 2. The van der Waals surface area contributed by atoms with E-state index in [-0.39, 0.29) is 11.0 Å². The summed E-state index contributed by atoms with van der Waals surface area (Å²) in [6.07, 6.45) is 4.96. The molecule has 1 saturated carbocycles. The van der Waals surface area contributed by atoms with Crippen molar-refractivity contribution in [2.75, 3.05) is 20.7 Å². The van der Waals surface area contributed by atoms with Crippen LogP contribution in [0, 0.1) is 5.41 Å². The Labute approximate surface area is 144 Å². The molecule has 0 radical (unpaired) electrons. The monoisotopic (exact) mass is 338 g/mol. The Morgan fingerprint density at radius 2 is 2.22 bits per heavy atom. The first-order valence-corrected chi connectivity index (χ1v) is 9.14. The Morgan fingerprint density at radius 1 is 1.48 bits per heavy atom. The molecule has 0 amide bonds. The van der Waals surface area contributed by atoms with Crippen molar-refractivity contribution in [1.29, 1.82) is 0 Å². The van der Waals surface area contributed by atoms with Crippen LogP contribution in [0.3, 0.4) is 0 Å². The summed E-state index contributed by atoms with van der Waals surface area (Å²) in [5.41, 5.74) is 0.00562. The maximum atomic E-state index is 5.68. The molecular formula is C17H30N4OS. The number of hydrogen-bond donors (Lipinski definition) is 2. The summed E-state index contributed by atoms with van der Waals surface area (Å²) >= 11 is 1.80. The van der Waals surface area contributed by atoms with Gasteiger partial charge in [-0.1, -0.05) is 20.8 Å². The predicted molar refractivity (Wildman–Crippen MR) is 97.3 cm³/mol. The van der Waals surface area contributed by atoms with Crippen molar-refractivity contribution in [2.24, 2.45) is 10.4 Å². The highest BCUT2D eigenvalue weighted by Gasteiger charge is 2.58. The van der Waals surface area contributed by atoms with Gasteiger partial charge in [-0.05, 0) is 19.8 Å². The van der Waals surface area contributed by atoms with Gasteiger partial charge < -0.3 is 15.4 Å². The lowest BCUT2D eigenvalue weighted by Gasteiger charge is -2.59. The molecule has 2 unspecified atom stereocenters. The maximum Gasteiger partial charge on any atom is 0.191 e. The number of rotatable bonds is 6. The summed E-state index contributed by atoms with van der Waals surface area (Å²) in [5, 5.41) is 8.10. The van der Waals surface area contributed by atoms with Crippen LogP contribution in [-0.2, 0) is 17.6 Å². The van der Waals surface area contributed by atoms with Crippen molar-refractivity contribution in [3.05, 3.63) is 16.1 Å². The largest absolute Gasteiger partial charge is 0.378 e. The van der Waals surface area contributed by atoms with E-state index < -0.39 is 0 Å². The molecule has 6 heteroatoms.